The smallest absolute Gasteiger partial charge is 0.224 e. The first-order valence-electron chi connectivity index (χ1n) is 6.29. The third-order valence-electron chi connectivity index (χ3n) is 3.03. The van der Waals surface area contributed by atoms with E-state index in [9.17, 15) is 9.90 Å². The number of hydrogen-bond donors (Lipinski definition) is 2. The second kappa shape index (κ2) is 6.05. The molecule has 0 aliphatic heterocycles. The fraction of sp³-hybridized carbons (Fsp3) is 0.188. The molecule has 0 bridgehead atoms. The second-order valence-electron chi connectivity index (χ2n) is 4.49. The summed E-state index contributed by atoms with van der Waals surface area (Å²) in [6, 6.07) is 14.8. The number of carbonyl (C=O) groups is 1. The van der Waals surface area contributed by atoms with Gasteiger partial charge >= 0.3 is 0 Å². The topological polar surface area (TPSA) is 49.3 Å². The van der Waals surface area contributed by atoms with Crippen molar-refractivity contribution >= 4 is 11.6 Å². The van der Waals surface area contributed by atoms with Crippen LogP contribution in [0.25, 0.3) is 0 Å². The van der Waals surface area contributed by atoms with Gasteiger partial charge in [0.25, 0.3) is 0 Å². The van der Waals surface area contributed by atoms with Crippen molar-refractivity contribution in [1.29, 1.82) is 0 Å². The Morgan fingerprint density at radius 3 is 2.53 bits per heavy atom. The molecule has 2 N–H and O–H groups in total. The van der Waals surface area contributed by atoms with Gasteiger partial charge in [-0.3, -0.25) is 4.79 Å². The molecule has 0 aliphatic carbocycles. The molecule has 0 atom stereocenters. The number of anilines is 1. The van der Waals surface area contributed by atoms with Crippen LogP contribution in [0.1, 0.15) is 17.5 Å². The Hall–Kier alpha value is -2.29. The second-order valence-corrected chi connectivity index (χ2v) is 4.49. The fourth-order valence-electron chi connectivity index (χ4n) is 1.90. The van der Waals surface area contributed by atoms with E-state index in [0.29, 0.717) is 12.8 Å². The van der Waals surface area contributed by atoms with Crippen LogP contribution in [0.5, 0.6) is 5.75 Å². The Kier molecular flexibility index (Phi) is 4.18. The molecule has 19 heavy (non-hydrogen) atoms. The standard InChI is InChI=1S/C16H17NO2/c1-12-6-2-4-8-14(12)17-16(19)11-10-13-7-3-5-9-15(13)18/h2-9,18H,10-11H2,1H3,(H,17,19). The van der Waals surface area contributed by atoms with Crippen LogP contribution in [0.15, 0.2) is 48.5 Å². The maximum atomic E-state index is 11.9. The molecule has 3 heteroatoms. The number of aryl methyl sites for hydroxylation is 2. The molecule has 0 unspecified atom stereocenters. The summed E-state index contributed by atoms with van der Waals surface area (Å²) in [5.41, 5.74) is 2.67. The maximum Gasteiger partial charge on any atom is 0.224 e. The average Bonchev–Trinajstić information content (AvgIpc) is 2.40. The SMILES string of the molecule is Cc1ccccc1NC(=O)CCc1ccccc1O. The maximum absolute atomic E-state index is 11.9. The zero-order chi connectivity index (χ0) is 13.7. The van der Waals surface area contributed by atoms with Gasteiger partial charge in [0.15, 0.2) is 0 Å². The van der Waals surface area contributed by atoms with Gasteiger partial charge in [-0.1, -0.05) is 36.4 Å². The highest BCUT2D eigenvalue weighted by Crippen LogP contribution is 2.18. The Morgan fingerprint density at radius 1 is 1.11 bits per heavy atom. The molecule has 1 amide bonds. The largest absolute Gasteiger partial charge is 0.508 e. The van der Waals surface area contributed by atoms with Crippen molar-refractivity contribution in [2.45, 2.75) is 19.8 Å². The number of aromatic hydroxyl groups is 1. The molecular weight excluding hydrogens is 238 g/mol. The van der Waals surface area contributed by atoms with Gasteiger partial charge in [0.05, 0.1) is 0 Å². The number of nitrogens with one attached hydrogen (secondary N) is 1. The molecule has 3 nitrogen and oxygen atoms in total. The predicted molar refractivity (Wildman–Crippen MR) is 76.2 cm³/mol. The quantitative estimate of drug-likeness (QED) is 0.880. The first-order valence-corrected chi connectivity index (χ1v) is 6.29. The number of benzene rings is 2. The minimum atomic E-state index is -0.0439. The van der Waals surface area contributed by atoms with Gasteiger partial charge in [-0.2, -0.15) is 0 Å². The van der Waals surface area contributed by atoms with Crippen LogP contribution in [0.4, 0.5) is 5.69 Å². The van der Waals surface area contributed by atoms with Gasteiger partial charge < -0.3 is 10.4 Å². The highest BCUT2D eigenvalue weighted by atomic mass is 16.3. The van der Waals surface area contributed by atoms with E-state index < -0.39 is 0 Å². The minimum Gasteiger partial charge on any atom is -0.508 e. The highest BCUT2D eigenvalue weighted by Gasteiger charge is 2.06. The molecule has 0 saturated heterocycles. The lowest BCUT2D eigenvalue weighted by Crippen LogP contribution is -2.13. The molecular formula is C16H17NO2. The number of amides is 1. The zero-order valence-electron chi connectivity index (χ0n) is 10.9. The van der Waals surface area contributed by atoms with Crippen molar-refractivity contribution in [1.82, 2.24) is 0 Å². The van der Waals surface area contributed by atoms with E-state index in [2.05, 4.69) is 5.32 Å². The van der Waals surface area contributed by atoms with E-state index in [1.165, 1.54) is 0 Å². The molecule has 2 aromatic rings. The fourth-order valence-corrected chi connectivity index (χ4v) is 1.90. The monoisotopic (exact) mass is 255 g/mol. The number of hydrogen-bond acceptors (Lipinski definition) is 2. The predicted octanol–water partition coefficient (Wildman–Crippen LogP) is 3.27. The van der Waals surface area contributed by atoms with E-state index >= 15 is 0 Å². The summed E-state index contributed by atoms with van der Waals surface area (Å²) in [7, 11) is 0. The van der Waals surface area contributed by atoms with Crippen LogP contribution in [0, 0.1) is 6.92 Å². The van der Waals surface area contributed by atoms with Crippen LogP contribution >= 0.6 is 0 Å². The van der Waals surface area contributed by atoms with E-state index in [-0.39, 0.29) is 11.7 Å². The van der Waals surface area contributed by atoms with Gasteiger partial charge in [-0.05, 0) is 36.6 Å². The molecule has 0 saturated carbocycles. The lowest BCUT2D eigenvalue weighted by molar-refractivity contribution is -0.116. The molecule has 0 aromatic heterocycles. The van der Waals surface area contributed by atoms with Gasteiger partial charge in [0, 0.05) is 12.1 Å². The Labute approximate surface area is 112 Å². The molecule has 0 spiro atoms. The highest BCUT2D eigenvalue weighted by molar-refractivity contribution is 5.91. The van der Waals surface area contributed by atoms with Gasteiger partial charge in [0.1, 0.15) is 5.75 Å². The van der Waals surface area contributed by atoms with Crippen LogP contribution in [-0.2, 0) is 11.2 Å². The Morgan fingerprint density at radius 2 is 1.79 bits per heavy atom. The number of phenols is 1. The first kappa shape index (κ1) is 13.1. The van der Waals surface area contributed by atoms with E-state index in [1.807, 2.05) is 43.3 Å². The molecule has 0 radical (unpaired) electrons. The van der Waals surface area contributed by atoms with Gasteiger partial charge in [-0.15, -0.1) is 0 Å². The normalized spacial score (nSPS) is 10.2. The Balaban J connectivity index is 1.92. The van der Waals surface area contributed by atoms with Gasteiger partial charge in [-0.25, -0.2) is 0 Å². The van der Waals surface area contributed by atoms with Gasteiger partial charge in [0.2, 0.25) is 5.91 Å². The third-order valence-corrected chi connectivity index (χ3v) is 3.03. The molecule has 2 aromatic carbocycles. The van der Waals surface area contributed by atoms with E-state index in [1.54, 1.807) is 12.1 Å². The van der Waals surface area contributed by atoms with Crippen LogP contribution < -0.4 is 5.32 Å². The summed E-state index contributed by atoms with van der Waals surface area (Å²) in [4.78, 5) is 11.9. The van der Waals surface area contributed by atoms with Crippen LogP contribution in [0.3, 0.4) is 0 Å². The summed E-state index contributed by atoms with van der Waals surface area (Å²) in [6.07, 6.45) is 0.885. The summed E-state index contributed by atoms with van der Waals surface area (Å²) in [5.74, 6) is 0.198. The van der Waals surface area contributed by atoms with Crippen LogP contribution in [0.2, 0.25) is 0 Å². The number of phenolic OH excluding ortho intramolecular Hbond substituents is 1. The van der Waals surface area contributed by atoms with Crippen molar-refractivity contribution in [3.63, 3.8) is 0 Å². The average molecular weight is 255 g/mol. The van der Waals surface area contributed by atoms with E-state index in [0.717, 1.165) is 16.8 Å². The van der Waals surface area contributed by atoms with Crippen molar-refractivity contribution in [2.75, 3.05) is 5.32 Å². The summed E-state index contributed by atoms with van der Waals surface area (Å²) < 4.78 is 0. The summed E-state index contributed by atoms with van der Waals surface area (Å²) in [6.45, 7) is 1.96. The summed E-state index contributed by atoms with van der Waals surface area (Å²) in [5, 5.41) is 12.5. The summed E-state index contributed by atoms with van der Waals surface area (Å²) >= 11 is 0. The van der Waals surface area contributed by atoms with E-state index in [4.69, 9.17) is 0 Å². The molecule has 98 valence electrons. The number of rotatable bonds is 4. The number of carbonyl (C=O) groups excluding carboxylic acids is 1. The third kappa shape index (κ3) is 3.58. The minimum absolute atomic E-state index is 0.0439. The molecule has 0 heterocycles. The number of para-hydroxylation sites is 2. The van der Waals surface area contributed by atoms with Crippen molar-refractivity contribution < 1.29 is 9.90 Å². The van der Waals surface area contributed by atoms with Crippen LogP contribution in [-0.4, -0.2) is 11.0 Å². The zero-order valence-corrected chi connectivity index (χ0v) is 10.9. The van der Waals surface area contributed by atoms with Crippen molar-refractivity contribution in [2.24, 2.45) is 0 Å². The van der Waals surface area contributed by atoms with Crippen molar-refractivity contribution in [3.05, 3.63) is 59.7 Å². The first-order chi connectivity index (χ1) is 9.16. The van der Waals surface area contributed by atoms with Crippen molar-refractivity contribution in [3.8, 4) is 5.75 Å². The Bertz CT molecular complexity index is 578. The lowest BCUT2D eigenvalue weighted by atomic mass is 10.1. The lowest BCUT2D eigenvalue weighted by Gasteiger charge is -2.08. The molecule has 2 rings (SSSR count). The molecule has 0 fully saturated rings. The molecule has 0 aliphatic rings.